The second-order valence-corrected chi connectivity index (χ2v) is 4.77. The van der Waals surface area contributed by atoms with Crippen LogP contribution in [0.3, 0.4) is 0 Å². The van der Waals surface area contributed by atoms with E-state index in [1.165, 1.54) is 7.05 Å². The van der Waals surface area contributed by atoms with Gasteiger partial charge in [-0.15, -0.1) is 0 Å². The van der Waals surface area contributed by atoms with Gasteiger partial charge in [-0.3, -0.25) is 14.5 Å². The van der Waals surface area contributed by atoms with Gasteiger partial charge in [-0.2, -0.15) is 0 Å². The van der Waals surface area contributed by atoms with Crippen LogP contribution in [0.2, 0.25) is 0 Å². The van der Waals surface area contributed by atoms with Gasteiger partial charge in [0.1, 0.15) is 11.7 Å². The highest BCUT2D eigenvalue weighted by Crippen LogP contribution is 2.25. The predicted octanol–water partition coefficient (Wildman–Crippen LogP) is 0.885. The number of nitrogens with zero attached hydrogens (tertiary/aromatic N) is 2. The summed E-state index contributed by atoms with van der Waals surface area (Å²) in [5.74, 6) is -0.824. The minimum atomic E-state index is -0.930. The van der Waals surface area contributed by atoms with Crippen molar-refractivity contribution in [1.82, 2.24) is 9.80 Å². The van der Waals surface area contributed by atoms with Gasteiger partial charge in [0.25, 0.3) is 11.8 Å². The zero-order valence-corrected chi connectivity index (χ0v) is 11.8. The molecule has 0 fully saturated rings. The second kappa shape index (κ2) is 6.20. The zero-order chi connectivity index (χ0) is 13.9. The van der Waals surface area contributed by atoms with Gasteiger partial charge in [-0.1, -0.05) is 25.4 Å². The van der Waals surface area contributed by atoms with Gasteiger partial charge < -0.3 is 10.6 Å². The highest BCUT2D eigenvalue weighted by atomic mass is 35.5. The van der Waals surface area contributed by atoms with Crippen LogP contribution in [0.1, 0.15) is 26.7 Å². The average molecular weight is 274 g/mol. The van der Waals surface area contributed by atoms with E-state index in [4.69, 9.17) is 17.3 Å². The Balaban J connectivity index is 3.15. The summed E-state index contributed by atoms with van der Waals surface area (Å²) >= 11 is 6.10. The summed E-state index contributed by atoms with van der Waals surface area (Å²) in [5, 5.41) is 0.157. The first-order valence-corrected chi connectivity index (χ1v) is 6.55. The number of halogens is 1. The van der Waals surface area contributed by atoms with Crippen LogP contribution in [-0.2, 0) is 9.59 Å². The van der Waals surface area contributed by atoms with Gasteiger partial charge in [0.15, 0.2) is 0 Å². The summed E-state index contributed by atoms with van der Waals surface area (Å²) in [6, 6.07) is -0.930. The number of amides is 2. The Morgan fingerprint density at radius 1 is 1.28 bits per heavy atom. The molecule has 0 spiro atoms. The molecule has 6 heteroatoms. The summed E-state index contributed by atoms with van der Waals surface area (Å²) in [5.41, 5.74) is 6.11. The molecule has 0 radical (unpaired) electrons. The molecular weight excluding hydrogens is 254 g/mol. The predicted molar refractivity (Wildman–Crippen MR) is 70.8 cm³/mol. The second-order valence-electron chi connectivity index (χ2n) is 4.36. The lowest BCUT2D eigenvalue weighted by atomic mass is 10.1. The summed E-state index contributed by atoms with van der Waals surface area (Å²) < 4.78 is 0. The Morgan fingerprint density at radius 2 is 1.78 bits per heavy atom. The van der Waals surface area contributed by atoms with Gasteiger partial charge in [0, 0.05) is 20.1 Å². The van der Waals surface area contributed by atoms with E-state index in [1.807, 2.05) is 18.7 Å². The molecular formula is C12H20ClN3O2. The number of imide groups is 1. The molecule has 0 saturated heterocycles. The molecule has 1 atom stereocenters. The molecule has 1 aliphatic heterocycles. The first kappa shape index (κ1) is 15.0. The van der Waals surface area contributed by atoms with Crippen LogP contribution in [0.15, 0.2) is 10.7 Å². The van der Waals surface area contributed by atoms with Crippen LogP contribution in [0.5, 0.6) is 0 Å². The van der Waals surface area contributed by atoms with Crippen molar-refractivity contribution in [3.05, 3.63) is 10.7 Å². The normalized spacial score (nSPS) is 20.7. The highest BCUT2D eigenvalue weighted by molar-refractivity contribution is 6.36. The summed E-state index contributed by atoms with van der Waals surface area (Å²) in [4.78, 5) is 26.8. The maximum absolute atomic E-state index is 12.1. The van der Waals surface area contributed by atoms with E-state index in [0.29, 0.717) is 5.70 Å². The zero-order valence-electron chi connectivity index (χ0n) is 11.1. The average Bonchev–Trinajstić information content (AvgIpc) is 2.35. The summed E-state index contributed by atoms with van der Waals surface area (Å²) in [7, 11) is 1.43. The lowest BCUT2D eigenvalue weighted by Crippen LogP contribution is -2.53. The Labute approximate surface area is 113 Å². The van der Waals surface area contributed by atoms with E-state index in [2.05, 4.69) is 0 Å². The molecule has 0 aliphatic carbocycles. The van der Waals surface area contributed by atoms with Crippen LogP contribution in [0.4, 0.5) is 0 Å². The molecule has 0 bridgehead atoms. The van der Waals surface area contributed by atoms with Gasteiger partial charge in [-0.25, -0.2) is 0 Å². The summed E-state index contributed by atoms with van der Waals surface area (Å²) in [6.07, 6.45) is 1.79. The number of rotatable bonds is 5. The quantitative estimate of drug-likeness (QED) is 0.756. The maximum Gasteiger partial charge on any atom is 0.277 e. The Kier molecular flexibility index (Phi) is 5.16. The molecule has 0 aromatic carbocycles. The van der Waals surface area contributed by atoms with Crippen molar-refractivity contribution in [2.45, 2.75) is 32.7 Å². The Bertz CT molecular complexity index is 376. The molecule has 1 rings (SSSR count). The van der Waals surface area contributed by atoms with E-state index in [1.54, 1.807) is 0 Å². The van der Waals surface area contributed by atoms with Crippen LogP contribution >= 0.6 is 11.6 Å². The van der Waals surface area contributed by atoms with Crippen molar-refractivity contribution in [2.75, 3.05) is 20.1 Å². The van der Waals surface area contributed by atoms with Crippen molar-refractivity contribution in [3.8, 4) is 0 Å². The number of hydrogen-bond acceptors (Lipinski definition) is 4. The Morgan fingerprint density at radius 3 is 2.22 bits per heavy atom. The van der Waals surface area contributed by atoms with Gasteiger partial charge in [-0.05, 0) is 12.8 Å². The van der Waals surface area contributed by atoms with Crippen LogP contribution in [0.25, 0.3) is 0 Å². The third kappa shape index (κ3) is 2.67. The van der Waals surface area contributed by atoms with Crippen molar-refractivity contribution in [3.63, 3.8) is 0 Å². The molecule has 5 nitrogen and oxygen atoms in total. The molecule has 2 amide bonds. The maximum atomic E-state index is 12.1. The molecule has 0 aromatic heterocycles. The number of carbonyl (C=O) groups is 2. The highest BCUT2D eigenvalue weighted by Gasteiger charge is 2.38. The molecule has 0 saturated carbocycles. The van der Waals surface area contributed by atoms with Crippen LogP contribution in [0, 0.1) is 0 Å². The number of likely N-dealkylation sites (N-methyl/N-ethyl adjacent to an activating group) is 1. The smallest absolute Gasteiger partial charge is 0.277 e. The molecule has 0 aromatic rings. The molecule has 1 unspecified atom stereocenters. The van der Waals surface area contributed by atoms with E-state index < -0.39 is 11.9 Å². The van der Waals surface area contributed by atoms with Gasteiger partial charge in [0.2, 0.25) is 0 Å². The third-order valence-corrected chi connectivity index (χ3v) is 3.32. The molecule has 1 heterocycles. The molecule has 102 valence electrons. The number of nitrogens with two attached hydrogens (primary N) is 1. The van der Waals surface area contributed by atoms with E-state index in [9.17, 15) is 9.59 Å². The molecule has 1 aliphatic rings. The van der Waals surface area contributed by atoms with Crippen LogP contribution < -0.4 is 5.73 Å². The minimum Gasteiger partial charge on any atom is -0.366 e. The van der Waals surface area contributed by atoms with Gasteiger partial charge in [0.05, 0.1) is 5.03 Å². The fourth-order valence-corrected chi connectivity index (χ4v) is 2.28. The first-order valence-electron chi connectivity index (χ1n) is 6.17. The molecule has 2 N–H and O–H groups in total. The lowest BCUT2D eigenvalue weighted by molar-refractivity contribution is -0.143. The standard InChI is InChI=1S/C12H20ClN3O2/c1-4-6-16(7-5-2)10-8(13)9(14)11(17)15(3)12(10)18/h9H,4-7,14H2,1-3H3. The van der Waals surface area contributed by atoms with Crippen molar-refractivity contribution in [1.29, 1.82) is 0 Å². The van der Waals surface area contributed by atoms with E-state index in [0.717, 1.165) is 30.8 Å². The number of carbonyl (C=O) groups excluding carboxylic acids is 2. The summed E-state index contributed by atoms with van der Waals surface area (Å²) in [6.45, 7) is 5.50. The SMILES string of the molecule is CCCN(CCC)C1=C(Cl)C(N)C(=O)N(C)C1=O. The lowest BCUT2D eigenvalue weighted by Gasteiger charge is -2.34. The fourth-order valence-electron chi connectivity index (χ4n) is 1.99. The van der Waals surface area contributed by atoms with E-state index in [-0.39, 0.29) is 10.9 Å². The Hall–Kier alpha value is -1.07. The molecule has 18 heavy (non-hydrogen) atoms. The van der Waals surface area contributed by atoms with E-state index >= 15 is 0 Å². The third-order valence-electron chi connectivity index (χ3n) is 2.91. The van der Waals surface area contributed by atoms with Crippen LogP contribution in [-0.4, -0.2) is 47.8 Å². The monoisotopic (exact) mass is 273 g/mol. The minimum absolute atomic E-state index is 0.157. The van der Waals surface area contributed by atoms with Crippen molar-refractivity contribution >= 4 is 23.4 Å². The van der Waals surface area contributed by atoms with Crippen molar-refractivity contribution in [2.24, 2.45) is 5.73 Å². The van der Waals surface area contributed by atoms with Crippen molar-refractivity contribution < 1.29 is 9.59 Å². The fraction of sp³-hybridized carbons (Fsp3) is 0.667. The number of hydrogen-bond donors (Lipinski definition) is 1. The topological polar surface area (TPSA) is 66.6 Å². The van der Waals surface area contributed by atoms with Gasteiger partial charge >= 0.3 is 0 Å². The largest absolute Gasteiger partial charge is 0.366 e. The first-order chi connectivity index (χ1) is 8.45.